The lowest BCUT2D eigenvalue weighted by atomic mass is 10.0. The maximum absolute atomic E-state index is 11.1. The molecule has 2 aliphatic carbocycles. The van der Waals surface area contributed by atoms with Crippen LogP contribution >= 0.6 is 0 Å². The van der Waals surface area contributed by atoms with Crippen molar-refractivity contribution in [2.45, 2.75) is 38.5 Å². The van der Waals surface area contributed by atoms with Crippen molar-refractivity contribution >= 4 is 5.97 Å². The van der Waals surface area contributed by atoms with E-state index in [1.807, 2.05) is 6.08 Å². The van der Waals surface area contributed by atoms with Gasteiger partial charge in [-0.1, -0.05) is 17.7 Å². The van der Waals surface area contributed by atoms with Gasteiger partial charge in [-0.2, -0.15) is 0 Å². The molecule has 2 nitrogen and oxygen atoms in total. The Kier molecular flexibility index (Phi) is 3.05. The number of carbonyl (C=O) groups is 1. The van der Waals surface area contributed by atoms with Gasteiger partial charge in [-0.15, -0.1) is 0 Å². The first-order valence-corrected chi connectivity index (χ1v) is 5.61. The van der Waals surface area contributed by atoms with Gasteiger partial charge in [0.15, 0.2) is 0 Å². The Morgan fingerprint density at radius 1 is 1.20 bits per heavy atom. The molecular formula is C13H16O2. The molecule has 0 heterocycles. The smallest absolute Gasteiger partial charge is 0.335 e. The van der Waals surface area contributed by atoms with Crippen LogP contribution < -0.4 is 0 Å². The van der Waals surface area contributed by atoms with Crippen molar-refractivity contribution in [1.29, 1.82) is 0 Å². The van der Waals surface area contributed by atoms with Gasteiger partial charge in [0.2, 0.25) is 0 Å². The largest absolute Gasteiger partial charge is 0.478 e. The number of carboxylic acids is 1. The third-order valence-corrected chi connectivity index (χ3v) is 3.02. The predicted octanol–water partition coefficient (Wildman–Crippen LogP) is 3.22. The molecule has 0 spiro atoms. The zero-order valence-electron chi connectivity index (χ0n) is 8.83. The molecule has 0 aromatic carbocycles. The van der Waals surface area contributed by atoms with E-state index >= 15 is 0 Å². The second kappa shape index (κ2) is 4.47. The van der Waals surface area contributed by atoms with E-state index in [2.05, 4.69) is 12.2 Å². The minimum absolute atomic E-state index is 0.514. The second-order valence-electron chi connectivity index (χ2n) is 4.16. The number of allylic oxidation sites excluding steroid dienone is 4. The Labute approximate surface area is 90.0 Å². The average Bonchev–Trinajstić information content (AvgIpc) is 2.87. The van der Waals surface area contributed by atoms with Crippen LogP contribution in [-0.4, -0.2) is 11.1 Å². The van der Waals surface area contributed by atoms with Crippen molar-refractivity contribution in [3.8, 4) is 0 Å². The molecule has 0 radical (unpaired) electrons. The minimum Gasteiger partial charge on any atom is -0.478 e. The highest BCUT2D eigenvalue weighted by Gasteiger charge is 2.17. The van der Waals surface area contributed by atoms with Crippen LogP contribution in [0, 0.1) is 0 Å². The molecule has 0 fully saturated rings. The van der Waals surface area contributed by atoms with Crippen LogP contribution in [0.25, 0.3) is 0 Å². The van der Waals surface area contributed by atoms with Crippen LogP contribution in [0.15, 0.2) is 34.9 Å². The molecule has 0 aromatic rings. The predicted molar refractivity (Wildman–Crippen MR) is 59.6 cm³/mol. The zero-order chi connectivity index (χ0) is 10.7. The maximum atomic E-state index is 11.1. The number of hydrogen-bond acceptors (Lipinski definition) is 1. The van der Waals surface area contributed by atoms with Crippen LogP contribution in [0.1, 0.15) is 38.5 Å². The number of rotatable bonds is 3. The molecule has 0 bridgehead atoms. The van der Waals surface area contributed by atoms with Gasteiger partial charge in [0, 0.05) is 0 Å². The highest BCUT2D eigenvalue weighted by molar-refractivity contribution is 5.92. The normalized spacial score (nSPS) is 21.5. The second-order valence-corrected chi connectivity index (χ2v) is 4.16. The summed E-state index contributed by atoms with van der Waals surface area (Å²) in [4.78, 5) is 11.1. The van der Waals surface area contributed by atoms with Crippen molar-refractivity contribution in [3.63, 3.8) is 0 Å². The molecule has 80 valence electrons. The van der Waals surface area contributed by atoms with E-state index in [1.54, 1.807) is 0 Å². The van der Waals surface area contributed by atoms with Crippen molar-refractivity contribution < 1.29 is 9.90 Å². The minimum atomic E-state index is -0.782. The first kappa shape index (κ1) is 10.2. The average molecular weight is 204 g/mol. The van der Waals surface area contributed by atoms with E-state index in [0.717, 1.165) is 44.1 Å². The van der Waals surface area contributed by atoms with E-state index in [-0.39, 0.29) is 0 Å². The van der Waals surface area contributed by atoms with Crippen LogP contribution in [0.2, 0.25) is 0 Å². The summed E-state index contributed by atoms with van der Waals surface area (Å²) in [5, 5.41) is 9.16. The van der Waals surface area contributed by atoms with Gasteiger partial charge in [-0.05, 0) is 50.2 Å². The highest BCUT2D eigenvalue weighted by atomic mass is 16.4. The zero-order valence-corrected chi connectivity index (χ0v) is 8.83. The van der Waals surface area contributed by atoms with Crippen molar-refractivity contribution in [2.24, 2.45) is 0 Å². The van der Waals surface area contributed by atoms with E-state index in [9.17, 15) is 4.79 Å². The topological polar surface area (TPSA) is 37.3 Å². The van der Waals surface area contributed by atoms with Crippen molar-refractivity contribution in [1.82, 2.24) is 0 Å². The van der Waals surface area contributed by atoms with E-state index in [4.69, 9.17) is 5.11 Å². The van der Waals surface area contributed by atoms with Gasteiger partial charge in [-0.3, -0.25) is 0 Å². The van der Waals surface area contributed by atoms with Crippen molar-refractivity contribution in [2.75, 3.05) is 0 Å². The van der Waals surface area contributed by atoms with Crippen LogP contribution in [0.5, 0.6) is 0 Å². The molecule has 0 amide bonds. The third-order valence-electron chi connectivity index (χ3n) is 3.02. The summed E-state index contributed by atoms with van der Waals surface area (Å²) in [5.41, 5.74) is 2.73. The van der Waals surface area contributed by atoms with Gasteiger partial charge >= 0.3 is 5.97 Å². The van der Waals surface area contributed by atoms with Crippen LogP contribution in [0.3, 0.4) is 0 Å². The van der Waals surface area contributed by atoms with E-state index in [1.165, 1.54) is 5.57 Å². The molecule has 15 heavy (non-hydrogen) atoms. The standard InChI is InChI=1S/C13H16O2/c14-13(15)12(11-7-3-4-8-11)9-10-5-1-2-6-10/h5,7,9H,1-4,6,8H2,(H,14,15)/b12-9-. The Balaban J connectivity index is 2.22. The van der Waals surface area contributed by atoms with Gasteiger partial charge in [0.25, 0.3) is 0 Å². The van der Waals surface area contributed by atoms with Crippen LogP contribution in [-0.2, 0) is 4.79 Å². The summed E-state index contributed by atoms with van der Waals surface area (Å²) >= 11 is 0. The number of carboxylic acid groups (broad SMARTS) is 1. The molecule has 1 N–H and O–H groups in total. The quantitative estimate of drug-likeness (QED) is 0.717. The number of aliphatic carboxylic acids is 1. The Morgan fingerprint density at radius 2 is 1.93 bits per heavy atom. The lowest BCUT2D eigenvalue weighted by Crippen LogP contribution is -2.03. The van der Waals surface area contributed by atoms with E-state index in [0.29, 0.717) is 5.57 Å². The van der Waals surface area contributed by atoms with Crippen LogP contribution in [0.4, 0.5) is 0 Å². The SMILES string of the molecule is O=C(O)/C(=C\C1=CCCC1)C1=CCCC1. The van der Waals surface area contributed by atoms with Crippen molar-refractivity contribution in [3.05, 3.63) is 34.9 Å². The summed E-state index contributed by atoms with van der Waals surface area (Å²) < 4.78 is 0. The molecule has 0 saturated heterocycles. The van der Waals surface area contributed by atoms with Gasteiger partial charge in [0.05, 0.1) is 5.57 Å². The fourth-order valence-electron chi connectivity index (χ4n) is 2.22. The molecule has 2 heteroatoms. The molecule has 0 atom stereocenters. The molecule has 0 aromatic heterocycles. The summed E-state index contributed by atoms with van der Waals surface area (Å²) in [5.74, 6) is -0.782. The Morgan fingerprint density at radius 3 is 2.47 bits per heavy atom. The molecule has 2 aliphatic rings. The molecule has 0 saturated carbocycles. The summed E-state index contributed by atoms with van der Waals surface area (Å²) in [7, 11) is 0. The fourth-order valence-corrected chi connectivity index (χ4v) is 2.22. The van der Waals surface area contributed by atoms with Gasteiger partial charge in [-0.25, -0.2) is 4.79 Å². The lowest BCUT2D eigenvalue weighted by Gasteiger charge is -2.03. The van der Waals surface area contributed by atoms with Gasteiger partial charge < -0.3 is 5.11 Å². The lowest BCUT2D eigenvalue weighted by molar-refractivity contribution is -0.132. The fraction of sp³-hybridized carbons (Fsp3) is 0.462. The Bertz CT molecular complexity index is 359. The summed E-state index contributed by atoms with van der Waals surface area (Å²) in [6.45, 7) is 0. The first-order chi connectivity index (χ1) is 7.27. The number of hydrogen-bond donors (Lipinski definition) is 1. The van der Waals surface area contributed by atoms with E-state index < -0.39 is 5.97 Å². The first-order valence-electron chi connectivity index (χ1n) is 5.61. The molecule has 0 aliphatic heterocycles. The Hall–Kier alpha value is -1.31. The summed E-state index contributed by atoms with van der Waals surface area (Å²) in [6.07, 6.45) is 12.4. The molecule has 2 rings (SSSR count). The monoisotopic (exact) mass is 204 g/mol. The summed E-state index contributed by atoms with van der Waals surface area (Å²) in [6, 6.07) is 0. The highest BCUT2D eigenvalue weighted by Crippen LogP contribution is 2.28. The van der Waals surface area contributed by atoms with Gasteiger partial charge in [0.1, 0.15) is 0 Å². The maximum Gasteiger partial charge on any atom is 0.335 e. The molecule has 0 unspecified atom stereocenters. The third kappa shape index (κ3) is 2.38. The molecular weight excluding hydrogens is 188 g/mol.